The molecule has 1 aromatic carbocycles. The summed E-state index contributed by atoms with van der Waals surface area (Å²) < 4.78 is 37.1. The molecule has 2 rings (SSSR count). The smallest absolute Gasteiger partial charge is 0.481 e. The molecule has 13 heteroatoms. The number of carbonyl (C=O) groups excluding carboxylic acids is 1. The van der Waals surface area contributed by atoms with Crippen LogP contribution in [0.2, 0.25) is 0 Å². The summed E-state index contributed by atoms with van der Waals surface area (Å²) in [5, 5.41) is 18.6. The second kappa shape index (κ2) is 14.0. The van der Waals surface area contributed by atoms with Crippen LogP contribution in [0.15, 0.2) is 24.3 Å². The molecule has 1 aliphatic heterocycles. The van der Waals surface area contributed by atoms with Crippen molar-refractivity contribution in [3.05, 3.63) is 29.8 Å². The molecule has 174 valence electrons. The van der Waals surface area contributed by atoms with E-state index in [1.54, 1.807) is 10.8 Å². The van der Waals surface area contributed by atoms with E-state index in [1.165, 1.54) is 10.8 Å². The number of ether oxygens (including phenoxy) is 1. The molecular weight excluding hydrogens is 461 g/mol. The molecule has 31 heavy (non-hydrogen) atoms. The number of benzene rings is 1. The maximum absolute atomic E-state index is 12.4. The fraction of sp³-hybridized carbons (Fsp3) is 0.500. The Balaban J connectivity index is 0.000000592. The number of hydrogen-bond acceptors (Lipinski definition) is 7. The largest absolute Gasteiger partial charge is 0.490 e. The van der Waals surface area contributed by atoms with Gasteiger partial charge in [0, 0.05) is 36.8 Å². The third-order valence-electron chi connectivity index (χ3n) is 3.70. The van der Waals surface area contributed by atoms with Crippen molar-refractivity contribution in [2.75, 3.05) is 49.3 Å². The molecule has 0 bridgehead atoms. The summed E-state index contributed by atoms with van der Waals surface area (Å²) in [5.41, 5.74) is 1.63. The molecule has 0 atom stereocenters. The highest BCUT2D eigenvalue weighted by Crippen LogP contribution is 2.23. The van der Waals surface area contributed by atoms with Crippen molar-refractivity contribution in [3.63, 3.8) is 0 Å². The number of para-hydroxylation sites is 1. The van der Waals surface area contributed by atoms with E-state index < -0.39 is 18.1 Å². The number of nitrogens with zero attached hydrogens (tertiary/aromatic N) is 1. The first-order chi connectivity index (χ1) is 14.6. The molecule has 1 fully saturated rings. The number of nitrogens with one attached hydrogen (secondary N) is 1. The van der Waals surface area contributed by atoms with Crippen molar-refractivity contribution in [1.29, 1.82) is 0 Å². The number of anilines is 1. The topological polar surface area (TPSA) is 116 Å². The minimum Gasteiger partial charge on any atom is -0.481 e. The van der Waals surface area contributed by atoms with Crippen LogP contribution in [0.25, 0.3) is 0 Å². The number of amides is 1. The van der Waals surface area contributed by atoms with E-state index in [9.17, 15) is 22.8 Å². The SMILES string of the molecule is O=C(O)C(F)(F)F.O=C(O)CCSSCCNC(=O)c1ccccc1N1CCOCC1. The van der Waals surface area contributed by atoms with E-state index in [0.717, 1.165) is 24.5 Å². The van der Waals surface area contributed by atoms with Gasteiger partial charge in [-0.15, -0.1) is 0 Å². The first kappa shape index (κ1) is 26.9. The van der Waals surface area contributed by atoms with E-state index in [2.05, 4.69) is 10.2 Å². The predicted molar refractivity (Wildman–Crippen MR) is 113 cm³/mol. The lowest BCUT2D eigenvalue weighted by molar-refractivity contribution is -0.192. The van der Waals surface area contributed by atoms with Gasteiger partial charge >= 0.3 is 18.1 Å². The van der Waals surface area contributed by atoms with Crippen LogP contribution in [0.1, 0.15) is 16.8 Å². The first-order valence-electron chi connectivity index (χ1n) is 9.09. The fourth-order valence-electron chi connectivity index (χ4n) is 2.29. The summed E-state index contributed by atoms with van der Waals surface area (Å²) in [6, 6.07) is 7.62. The van der Waals surface area contributed by atoms with Gasteiger partial charge in [0.15, 0.2) is 0 Å². The minimum absolute atomic E-state index is 0.0757. The monoisotopic (exact) mass is 484 g/mol. The summed E-state index contributed by atoms with van der Waals surface area (Å²) >= 11 is 0. The number of morpholine rings is 1. The molecule has 1 saturated heterocycles. The van der Waals surface area contributed by atoms with Gasteiger partial charge < -0.3 is 25.2 Å². The normalized spacial score (nSPS) is 13.7. The number of rotatable bonds is 9. The zero-order chi connectivity index (χ0) is 23.3. The van der Waals surface area contributed by atoms with Gasteiger partial charge in [-0.1, -0.05) is 33.7 Å². The molecule has 3 N–H and O–H groups in total. The average molecular weight is 485 g/mol. The van der Waals surface area contributed by atoms with Crippen LogP contribution in [-0.4, -0.2) is 78.6 Å². The van der Waals surface area contributed by atoms with Gasteiger partial charge in [-0.3, -0.25) is 9.59 Å². The predicted octanol–water partition coefficient (Wildman–Crippen LogP) is 2.74. The van der Waals surface area contributed by atoms with E-state index in [-0.39, 0.29) is 12.3 Å². The van der Waals surface area contributed by atoms with E-state index in [4.69, 9.17) is 19.7 Å². The van der Waals surface area contributed by atoms with E-state index in [1.807, 2.05) is 24.3 Å². The lowest BCUT2D eigenvalue weighted by atomic mass is 10.1. The Bertz CT molecular complexity index is 730. The Kier molecular flexibility index (Phi) is 12.2. The van der Waals surface area contributed by atoms with Crippen LogP contribution in [-0.2, 0) is 14.3 Å². The molecule has 1 amide bonds. The van der Waals surface area contributed by atoms with Crippen molar-refractivity contribution < 1.29 is 42.5 Å². The summed E-state index contributed by atoms with van der Waals surface area (Å²) in [4.78, 5) is 33.9. The number of hydrogen-bond donors (Lipinski definition) is 3. The first-order valence-corrected chi connectivity index (χ1v) is 11.6. The number of aliphatic carboxylic acids is 2. The number of alkyl halides is 3. The summed E-state index contributed by atoms with van der Waals surface area (Å²) in [5.74, 6) is -2.29. The highest BCUT2D eigenvalue weighted by molar-refractivity contribution is 8.76. The molecule has 0 radical (unpaired) electrons. The maximum atomic E-state index is 12.4. The standard InChI is InChI=1S/C16H22N2O4S2.C2HF3O2/c19-15(20)5-11-23-24-12-6-17-16(21)13-3-1-2-4-14(13)18-7-9-22-10-8-18;3-2(4,5)1(6)7/h1-4H,5-12H2,(H,17,21)(H,19,20);(H,6,7). The molecule has 1 heterocycles. The van der Waals surface area contributed by atoms with Gasteiger partial charge in [-0.2, -0.15) is 13.2 Å². The third-order valence-corrected chi connectivity index (χ3v) is 6.10. The Morgan fingerprint density at radius 1 is 1.06 bits per heavy atom. The number of halogens is 3. The lowest BCUT2D eigenvalue weighted by Crippen LogP contribution is -2.38. The number of carboxylic acid groups (broad SMARTS) is 2. The van der Waals surface area contributed by atoms with Crippen LogP contribution in [0.4, 0.5) is 18.9 Å². The molecule has 0 unspecified atom stereocenters. The van der Waals surface area contributed by atoms with Crippen molar-refractivity contribution in [2.24, 2.45) is 0 Å². The Hall–Kier alpha value is -2.12. The fourth-order valence-corrected chi connectivity index (χ4v) is 4.18. The average Bonchev–Trinajstić information content (AvgIpc) is 2.73. The molecular formula is C18H23F3N2O6S2. The maximum Gasteiger partial charge on any atom is 0.490 e. The highest BCUT2D eigenvalue weighted by atomic mass is 33.1. The van der Waals surface area contributed by atoms with Gasteiger partial charge in [0.1, 0.15) is 0 Å². The van der Waals surface area contributed by atoms with Gasteiger partial charge in [-0.05, 0) is 12.1 Å². The van der Waals surface area contributed by atoms with Crippen molar-refractivity contribution in [2.45, 2.75) is 12.6 Å². The van der Waals surface area contributed by atoms with E-state index >= 15 is 0 Å². The van der Waals surface area contributed by atoms with Crippen LogP contribution >= 0.6 is 21.6 Å². The molecule has 0 saturated carbocycles. The second-order valence-electron chi connectivity index (χ2n) is 5.96. The van der Waals surface area contributed by atoms with Crippen molar-refractivity contribution in [3.8, 4) is 0 Å². The van der Waals surface area contributed by atoms with Crippen LogP contribution in [0, 0.1) is 0 Å². The molecule has 1 aliphatic rings. The third kappa shape index (κ3) is 11.2. The quantitative estimate of drug-likeness (QED) is 0.359. The summed E-state index contributed by atoms with van der Waals surface area (Å²) in [6.45, 7) is 3.50. The Labute approximate surface area is 184 Å². The molecule has 1 aromatic rings. The summed E-state index contributed by atoms with van der Waals surface area (Å²) in [7, 11) is 3.09. The van der Waals surface area contributed by atoms with Gasteiger partial charge in [-0.25, -0.2) is 4.79 Å². The lowest BCUT2D eigenvalue weighted by Gasteiger charge is -2.30. The van der Waals surface area contributed by atoms with Crippen LogP contribution in [0.3, 0.4) is 0 Å². The van der Waals surface area contributed by atoms with Gasteiger partial charge in [0.05, 0.1) is 25.2 Å². The Morgan fingerprint density at radius 3 is 2.23 bits per heavy atom. The van der Waals surface area contributed by atoms with Gasteiger partial charge in [0.25, 0.3) is 5.91 Å². The van der Waals surface area contributed by atoms with Crippen LogP contribution in [0.5, 0.6) is 0 Å². The van der Waals surface area contributed by atoms with Crippen LogP contribution < -0.4 is 10.2 Å². The zero-order valence-electron chi connectivity index (χ0n) is 16.4. The van der Waals surface area contributed by atoms with E-state index in [0.29, 0.717) is 31.1 Å². The second-order valence-corrected chi connectivity index (χ2v) is 8.67. The Morgan fingerprint density at radius 2 is 1.65 bits per heavy atom. The van der Waals surface area contributed by atoms with Gasteiger partial charge in [0.2, 0.25) is 0 Å². The number of carbonyl (C=O) groups is 3. The highest BCUT2D eigenvalue weighted by Gasteiger charge is 2.38. The van der Waals surface area contributed by atoms with Crippen molar-refractivity contribution >= 4 is 45.1 Å². The van der Waals surface area contributed by atoms with Crippen molar-refractivity contribution in [1.82, 2.24) is 5.32 Å². The minimum atomic E-state index is -5.08. The molecule has 8 nitrogen and oxygen atoms in total. The molecule has 0 aliphatic carbocycles. The molecule has 0 aromatic heterocycles. The zero-order valence-corrected chi connectivity index (χ0v) is 18.0. The summed E-state index contributed by atoms with van der Waals surface area (Å²) in [6.07, 6.45) is -4.92. The molecule has 0 spiro atoms. The number of carboxylic acids is 2.